The Morgan fingerprint density at radius 3 is 2.67 bits per heavy atom. The predicted octanol–water partition coefficient (Wildman–Crippen LogP) is 2.95. The molecule has 0 fully saturated rings. The van der Waals surface area contributed by atoms with E-state index in [1.807, 2.05) is 6.20 Å². The molecule has 0 spiro atoms. The van der Waals surface area contributed by atoms with Gasteiger partial charge in [0, 0.05) is 19.0 Å². The minimum absolute atomic E-state index is 0.330. The van der Waals surface area contributed by atoms with Crippen LogP contribution in [0.1, 0.15) is 58.0 Å². The molecule has 21 heavy (non-hydrogen) atoms. The Kier molecular flexibility index (Phi) is 7.78. The Morgan fingerprint density at radius 1 is 1.33 bits per heavy atom. The van der Waals surface area contributed by atoms with Crippen LogP contribution in [0.25, 0.3) is 0 Å². The van der Waals surface area contributed by atoms with Gasteiger partial charge in [-0.1, -0.05) is 33.6 Å². The van der Waals surface area contributed by atoms with Crippen LogP contribution in [0.5, 0.6) is 0 Å². The molecule has 116 valence electrons. The van der Waals surface area contributed by atoms with Crippen molar-refractivity contribution in [3.8, 4) is 12.3 Å². The standard InChI is InChI=1S/C17H28N4/c1-6-9-18-12-15-16(21(10-7-2)11-8-3)13-19-17(20-15)14(4)5/h2,13-14,18H,6,8-12H2,1,3-5H3. The van der Waals surface area contributed by atoms with Crippen molar-refractivity contribution in [2.75, 3.05) is 24.5 Å². The summed E-state index contributed by atoms with van der Waals surface area (Å²) in [5.74, 6) is 3.96. The van der Waals surface area contributed by atoms with Crippen molar-refractivity contribution in [2.45, 2.75) is 53.0 Å². The van der Waals surface area contributed by atoms with Gasteiger partial charge in [-0.15, -0.1) is 6.42 Å². The summed E-state index contributed by atoms with van der Waals surface area (Å²) in [7, 11) is 0. The van der Waals surface area contributed by atoms with Crippen LogP contribution in [0.3, 0.4) is 0 Å². The molecule has 0 saturated carbocycles. The average molecular weight is 288 g/mol. The van der Waals surface area contributed by atoms with Gasteiger partial charge in [-0.25, -0.2) is 9.97 Å². The zero-order valence-corrected chi connectivity index (χ0v) is 13.8. The van der Waals surface area contributed by atoms with Gasteiger partial charge in [0.25, 0.3) is 0 Å². The van der Waals surface area contributed by atoms with Gasteiger partial charge in [-0.05, 0) is 19.4 Å². The molecular weight excluding hydrogens is 260 g/mol. The molecule has 0 aliphatic carbocycles. The van der Waals surface area contributed by atoms with E-state index in [0.717, 1.165) is 49.7 Å². The summed E-state index contributed by atoms with van der Waals surface area (Å²) in [6.45, 7) is 11.8. The van der Waals surface area contributed by atoms with Crippen LogP contribution in [-0.4, -0.2) is 29.6 Å². The van der Waals surface area contributed by atoms with Gasteiger partial charge < -0.3 is 10.2 Å². The molecule has 0 amide bonds. The molecule has 0 radical (unpaired) electrons. The van der Waals surface area contributed by atoms with E-state index < -0.39 is 0 Å². The van der Waals surface area contributed by atoms with E-state index in [2.05, 4.69) is 48.8 Å². The van der Waals surface area contributed by atoms with E-state index in [1.54, 1.807) is 0 Å². The topological polar surface area (TPSA) is 41.1 Å². The van der Waals surface area contributed by atoms with Crippen molar-refractivity contribution >= 4 is 5.69 Å². The first-order chi connectivity index (χ1) is 10.1. The van der Waals surface area contributed by atoms with Crippen molar-refractivity contribution in [1.82, 2.24) is 15.3 Å². The molecule has 0 aliphatic heterocycles. The molecule has 1 aromatic heterocycles. The van der Waals surface area contributed by atoms with Crippen LogP contribution in [0, 0.1) is 12.3 Å². The molecule has 4 heteroatoms. The Morgan fingerprint density at radius 2 is 2.10 bits per heavy atom. The Balaban J connectivity index is 3.06. The van der Waals surface area contributed by atoms with Crippen LogP contribution in [-0.2, 0) is 6.54 Å². The minimum atomic E-state index is 0.330. The van der Waals surface area contributed by atoms with Crippen LogP contribution in [0.2, 0.25) is 0 Å². The monoisotopic (exact) mass is 288 g/mol. The van der Waals surface area contributed by atoms with Crippen LogP contribution in [0.15, 0.2) is 6.20 Å². The first-order valence-electron chi connectivity index (χ1n) is 7.88. The highest BCUT2D eigenvalue weighted by Crippen LogP contribution is 2.20. The van der Waals surface area contributed by atoms with Gasteiger partial charge in [-0.3, -0.25) is 0 Å². The molecule has 0 atom stereocenters. The van der Waals surface area contributed by atoms with Crippen LogP contribution in [0.4, 0.5) is 5.69 Å². The SMILES string of the molecule is C#CCN(CCC)c1cnc(C(C)C)nc1CNCCC. The summed E-state index contributed by atoms with van der Waals surface area (Å²) in [6.07, 6.45) is 9.59. The number of nitrogens with one attached hydrogen (secondary N) is 1. The average Bonchev–Trinajstić information content (AvgIpc) is 2.47. The summed E-state index contributed by atoms with van der Waals surface area (Å²) >= 11 is 0. The van der Waals surface area contributed by atoms with Gasteiger partial charge in [0.1, 0.15) is 5.82 Å². The lowest BCUT2D eigenvalue weighted by molar-refractivity contribution is 0.648. The fraction of sp³-hybridized carbons (Fsp3) is 0.647. The fourth-order valence-corrected chi connectivity index (χ4v) is 2.15. The predicted molar refractivity (Wildman–Crippen MR) is 89.5 cm³/mol. The largest absolute Gasteiger partial charge is 0.358 e. The lowest BCUT2D eigenvalue weighted by Gasteiger charge is -2.24. The Labute approximate surface area is 129 Å². The van der Waals surface area contributed by atoms with E-state index in [9.17, 15) is 0 Å². The number of terminal acetylenes is 1. The zero-order chi connectivity index (χ0) is 15.7. The second-order valence-electron chi connectivity index (χ2n) is 5.52. The third-order valence-corrected chi connectivity index (χ3v) is 3.22. The van der Waals surface area contributed by atoms with Crippen molar-refractivity contribution in [2.24, 2.45) is 0 Å². The lowest BCUT2D eigenvalue weighted by Crippen LogP contribution is -2.28. The highest BCUT2D eigenvalue weighted by molar-refractivity contribution is 5.50. The third kappa shape index (κ3) is 5.35. The maximum Gasteiger partial charge on any atom is 0.131 e. The number of aromatic nitrogens is 2. The molecule has 0 saturated heterocycles. The second-order valence-corrected chi connectivity index (χ2v) is 5.52. The molecule has 1 aromatic rings. The van der Waals surface area contributed by atoms with Crippen LogP contribution >= 0.6 is 0 Å². The molecule has 1 N–H and O–H groups in total. The lowest BCUT2D eigenvalue weighted by atomic mass is 10.2. The summed E-state index contributed by atoms with van der Waals surface area (Å²) < 4.78 is 0. The number of nitrogens with zero attached hydrogens (tertiary/aromatic N) is 3. The minimum Gasteiger partial charge on any atom is -0.358 e. The van der Waals surface area contributed by atoms with E-state index in [0.29, 0.717) is 12.5 Å². The van der Waals surface area contributed by atoms with E-state index in [1.165, 1.54) is 0 Å². The molecule has 4 nitrogen and oxygen atoms in total. The molecule has 0 bridgehead atoms. The third-order valence-electron chi connectivity index (χ3n) is 3.22. The smallest absolute Gasteiger partial charge is 0.131 e. The van der Waals surface area contributed by atoms with Gasteiger partial charge in [0.15, 0.2) is 0 Å². The number of rotatable bonds is 9. The van der Waals surface area contributed by atoms with E-state index in [4.69, 9.17) is 11.4 Å². The second kappa shape index (κ2) is 9.36. The van der Waals surface area contributed by atoms with Crippen molar-refractivity contribution in [3.05, 3.63) is 17.7 Å². The molecule has 0 aromatic carbocycles. The number of hydrogen-bond acceptors (Lipinski definition) is 4. The van der Waals surface area contributed by atoms with Gasteiger partial charge in [0.2, 0.25) is 0 Å². The summed E-state index contributed by atoms with van der Waals surface area (Å²) in [6, 6.07) is 0. The van der Waals surface area contributed by atoms with Crippen molar-refractivity contribution in [1.29, 1.82) is 0 Å². The molecular formula is C17H28N4. The number of anilines is 1. The quantitative estimate of drug-likeness (QED) is 0.560. The van der Waals surface area contributed by atoms with E-state index >= 15 is 0 Å². The first-order valence-corrected chi connectivity index (χ1v) is 7.88. The van der Waals surface area contributed by atoms with Crippen molar-refractivity contribution in [3.63, 3.8) is 0 Å². The fourth-order valence-electron chi connectivity index (χ4n) is 2.15. The first kappa shape index (κ1) is 17.5. The Bertz CT molecular complexity index is 462. The van der Waals surface area contributed by atoms with Gasteiger partial charge in [0.05, 0.1) is 24.1 Å². The summed E-state index contributed by atoms with van der Waals surface area (Å²) in [5, 5.41) is 3.43. The highest BCUT2D eigenvalue weighted by atomic mass is 15.1. The summed E-state index contributed by atoms with van der Waals surface area (Å²) in [5.41, 5.74) is 2.11. The highest BCUT2D eigenvalue weighted by Gasteiger charge is 2.14. The van der Waals surface area contributed by atoms with Gasteiger partial charge >= 0.3 is 0 Å². The molecule has 0 aliphatic rings. The maximum atomic E-state index is 5.50. The van der Waals surface area contributed by atoms with Crippen LogP contribution < -0.4 is 10.2 Å². The van der Waals surface area contributed by atoms with E-state index in [-0.39, 0.29) is 0 Å². The molecule has 1 rings (SSSR count). The number of hydrogen-bond donors (Lipinski definition) is 1. The molecule has 0 unspecified atom stereocenters. The van der Waals surface area contributed by atoms with Gasteiger partial charge in [-0.2, -0.15) is 0 Å². The van der Waals surface area contributed by atoms with Crippen molar-refractivity contribution < 1.29 is 0 Å². The normalized spacial score (nSPS) is 10.7. The zero-order valence-electron chi connectivity index (χ0n) is 13.8. The molecule has 1 heterocycles. The maximum absolute atomic E-state index is 5.50. The summed E-state index contributed by atoms with van der Waals surface area (Å²) in [4.78, 5) is 11.4. The Hall–Kier alpha value is -1.60.